The van der Waals surface area contributed by atoms with Crippen molar-refractivity contribution in [3.8, 4) is 0 Å². The average Bonchev–Trinajstić information content (AvgIpc) is 3.36. The van der Waals surface area contributed by atoms with Gasteiger partial charge in [0.2, 0.25) is 0 Å². The number of carbonyl (C=O) groups is 2. The van der Waals surface area contributed by atoms with E-state index in [2.05, 4.69) is 58.6 Å². The number of morpholine rings is 1. The number of rotatable bonds is 9. The Kier molecular flexibility index (Phi) is 8.31. The van der Waals surface area contributed by atoms with E-state index in [0.29, 0.717) is 30.3 Å². The van der Waals surface area contributed by atoms with Crippen molar-refractivity contribution < 1.29 is 14.3 Å². The van der Waals surface area contributed by atoms with Gasteiger partial charge in [0.25, 0.3) is 11.8 Å². The van der Waals surface area contributed by atoms with E-state index in [1.54, 1.807) is 19.2 Å². The van der Waals surface area contributed by atoms with Crippen molar-refractivity contribution in [3.63, 3.8) is 0 Å². The molecule has 2 aromatic rings. The summed E-state index contributed by atoms with van der Waals surface area (Å²) in [5, 5.41) is 5.63. The van der Waals surface area contributed by atoms with E-state index < -0.39 is 0 Å². The third-order valence-electron chi connectivity index (χ3n) is 6.77. The summed E-state index contributed by atoms with van der Waals surface area (Å²) in [4.78, 5) is 32.3. The maximum Gasteiger partial charge on any atom is 0.269 e. The summed E-state index contributed by atoms with van der Waals surface area (Å²) in [5.41, 5.74) is 5.06. The number of amides is 2. The first-order valence-corrected chi connectivity index (χ1v) is 12.6. The number of allylic oxidation sites excluding steroid dienone is 1. The largest absolute Gasteiger partial charge is 0.376 e. The lowest BCUT2D eigenvalue weighted by atomic mass is 9.98. The molecular weight excluding hydrogens is 440 g/mol. The summed E-state index contributed by atoms with van der Waals surface area (Å²) in [7, 11) is 1.57. The van der Waals surface area contributed by atoms with Gasteiger partial charge in [0.05, 0.1) is 12.7 Å². The summed E-state index contributed by atoms with van der Waals surface area (Å²) in [6.45, 7) is 7.65. The maximum absolute atomic E-state index is 13.0. The molecule has 1 aliphatic heterocycles. The molecular formula is C28H36N4O3. The van der Waals surface area contributed by atoms with Crippen LogP contribution in [0.2, 0.25) is 0 Å². The summed E-state index contributed by atoms with van der Waals surface area (Å²) in [6.07, 6.45) is 7.73. The number of carbonyl (C=O) groups excluding carboxylic acids is 2. The second-order valence-corrected chi connectivity index (χ2v) is 9.56. The number of ether oxygens (including phenoxy) is 1. The average molecular weight is 477 g/mol. The van der Waals surface area contributed by atoms with Gasteiger partial charge < -0.3 is 15.4 Å². The highest BCUT2D eigenvalue weighted by Gasteiger charge is 2.22. The molecule has 2 N–H and O–H groups in total. The van der Waals surface area contributed by atoms with Gasteiger partial charge in [-0.25, -0.2) is 4.98 Å². The topological polar surface area (TPSA) is 83.6 Å². The standard InChI is InChI=1S/C28H36N4O3/c1-19(2)32-13-14-35-24(18-32)10-6-12-30-27(33)22-16-23(31-26(17-22)28(34)29-3)15-21-9-4-7-20-8-5-11-25(20)21/h4-5,7,9,11,16-17,19,24H,6,8,10,12-15,18H2,1-3H3,(H,29,34)(H,30,33). The molecule has 35 heavy (non-hydrogen) atoms. The van der Waals surface area contributed by atoms with Crippen LogP contribution < -0.4 is 10.6 Å². The molecule has 7 nitrogen and oxygen atoms in total. The molecule has 2 heterocycles. The normalized spacial score (nSPS) is 17.4. The van der Waals surface area contributed by atoms with Crippen LogP contribution in [-0.2, 0) is 17.6 Å². The minimum Gasteiger partial charge on any atom is -0.376 e. The first kappa shape index (κ1) is 25.1. The molecule has 1 unspecified atom stereocenters. The van der Waals surface area contributed by atoms with Crippen molar-refractivity contribution in [2.75, 3.05) is 33.3 Å². The minimum atomic E-state index is -0.303. The Morgan fingerprint density at radius 1 is 1.23 bits per heavy atom. The fourth-order valence-corrected chi connectivity index (χ4v) is 4.78. The first-order valence-electron chi connectivity index (χ1n) is 12.6. The van der Waals surface area contributed by atoms with E-state index in [9.17, 15) is 9.59 Å². The predicted molar refractivity (Wildman–Crippen MR) is 138 cm³/mol. The monoisotopic (exact) mass is 476 g/mol. The van der Waals surface area contributed by atoms with Crippen LogP contribution in [0.3, 0.4) is 0 Å². The van der Waals surface area contributed by atoms with Gasteiger partial charge in [-0.05, 0) is 61.9 Å². The molecule has 4 rings (SSSR count). The number of pyridine rings is 1. The first-order chi connectivity index (χ1) is 16.9. The Morgan fingerprint density at radius 2 is 2.09 bits per heavy atom. The van der Waals surface area contributed by atoms with Crippen LogP contribution >= 0.6 is 0 Å². The molecule has 2 amide bonds. The molecule has 1 saturated heterocycles. The van der Waals surface area contributed by atoms with Gasteiger partial charge in [0, 0.05) is 50.4 Å². The number of aromatic nitrogens is 1. The maximum atomic E-state index is 13.0. The molecule has 0 radical (unpaired) electrons. The van der Waals surface area contributed by atoms with Gasteiger partial charge in [0.15, 0.2) is 0 Å². The lowest BCUT2D eigenvalue weighted by Crippen LogP contribution is -2.45. The highest BCUT2D eigenvalue weighted by Crippen LogP contribution is 2.25. The second kappa shape index (κ2) is 11.6. The Labute approximate surface area is 208 Å². The summed E-state index contributed by atoms with van der Waals surface area (Å²) < 4.78 is 5.90. The zero-order chi connectivity index (χ0) is 24.8. The van der Waals surface area contributed by atoms with Gasteiger partial charge in [-0.2, -0.15) is 0 Å². The molecule has 186 valence electrons. The zero-order valence-electron chi connectivity index (χ0n) is 21.0. The van der Waals surface area contributed by atoms with Gasteiger partial charge in [-0.1, -0.05) is 30.4 Å². The van der Waals surface area contributed by atoms with Crippen LogP contribution in [0.1, 0.15) is 69.9 Å². The Hall–Kier alpha value is -3.03. The third-order valence-corrected chi connectivity index (χ3v) is 6.77. The van der Waals surface area contributed by atoms with Crippen LogP contribution in [0.25, 0.3) is 6.08 Å². The quantitative estimate of drug-likeness (QED) is 0.543. The lowest BCUT2D eigenvalue weighted by Gasteiger charge is -2.35. The minimum absolute atomic E-state index is 0.189. The van der Waals surface area contributed by atoms with Crippen LogP contribution in [0.4, 0.5) is 0 Å². The van der Waals surface area contributed by atoms with E-state index in [1.807, 2.05) is 6.07 Å². The van der Waals surface area contributed by atoms with Crippen molar-refractivity contribution in [2.24, 2.45) is 0 Å². The molecule has 1 atom stereocenters. The molecule has 1 aliphatic carbocycles. The number of nitrogens with zero attached hydrogens (tertiary/aromatic N) is 2. The Morgan fingerprint density at radius 3 is 2.89 bits per heavy atom. The fourth-order valence-electron chi connectivity index (χ4n) is 4.78. The number of hydrogen-bond donors (Lipinski definition) is 2. The van der Waals surface area contributed by atoms with Gasteiger partial charge >= 0.3 is 0 Å². The van der Waals surface area contributed by atoms with Gasteiger partial charge in [0.1, 0.15) is 5.69 Å². The van der Waals surface area contributed by atoms with Crippen molar-refractivity contribution in [1.82, 2.24) is 20.5 Å². The molecule has 1 aromatic carbocycles. The van der Waals surface area contributed by atoms with Crippen LogP contribution in [-0.4, -0.2) is 67.1 Å². The second-order valence-electron chi connectivity index (χ2n) is 9.56. The van der Waals surface area contributed by atoms with E-state index >= 15 is 0 Å². The Bertz CT molecular complexity index is 1100. The van der Waals surface area contributed by atoms with Crippen molar-refractivity contribution in [1.29, 1.82) is 0 Å². The van der Waals surface area contributed by atoms with Gasteiger partial charge in [-0.15, -0.1) is 0 Å². The molecule has 0 saturated carbocycles. The number of fused-ring (bicyclic) bond motifs is 1. The van der Waals surface area contributed by atoms with Crippen molar-refractivity contribution in [2.45, 2.75) is 51.7 Å². The van der Waals surface area contributed by atoms with Crippen LogP contribution in [0, 0.1) is 0 Å². The van der Waals surface area contributed by atoms with E-state index in [1.165, 1.54) is 11.1 Å². The smallest absolute Gasteiger partial charge is 0.269 e. The summed E-state index contributed by atoms with van der Waals surface area (Å²) in [5.74, 6) is -0.492. The number of benzene rings is 1. The van der Waals surface area contributed by atoms with Crippen LogP contribution in [0.5, 0.6) is 0 Å². The lowest BCUT2D eigenvalue weighted by molar-refractivity contribution is -0.0424. The predicted octanol–water partition coefficient (Wildman–Crippen LogP) is 3.22. The molecule has 0 bridgehead atoms. The summed E-state index contributed by atoms with van der Waals surface area (Å²) >= 11 is 0. The number of hydrogen-bond acceptors (Lipinski definition) is 5. The van der Waals surface area contributed by atoms with E-state index in [4.69, 9.17) is 4.74 Å². The summed E-state index contributed by atoms with van der Waals surface area (Å²) in [6, 6.07) is 10.1. The van der Waals surface area contributed by atoms with Crippen LogP contribution in [0.15, 0.2) is 36.4 Å². The molecule has 7 heteroatoms. The van der Waals surface area contributed by atoms with Gasteiger partial charge in [-0.3, -0.25) is 14.5 Å². The third kappa shape index (κ3) is 6.35. The molecule has 1 fully saturated rings. The van der Waals surface area contributed by atoms with Crippen molar-refractivity contribution in [3.05, 3.63) is 70.0 Å². The van der Waals surface area contributed by atoms with Crippen molar-refractivity contribution >= 4 is 17.9 Å². The molecule has 2 aliphatic rings. The molecule has 0 spiro atoms. The Balaban J connectivity index is 1.40. The highest BCUT2D eigenvalue weighted by molar-refractivity contribution is 5.98. The molecule has 1 aromatic heterocycles. The van der Waals surface area contributed by atoms with E-state index in [-0.39, 0.29) is 23.6 Å². The van der Waals surface area contributed by atoms with E-state index in [0.717, 1.165) is 44.5 Å². The number of nitrogens with one attached hydrogen (secondary N) is 2. The SMILES string of the molecule is CNC(=O)c1cc(C(=O)NCCCC2CN(C(C)C)CCO2)cc(Cc2cccc3c2C=CC3)n1. The zero-order valence-corrected chi connectivity index (χ0v) is 21.0. The fraction of sp³-hybridized carbons (Fsp3) is 0.464. The highest BCUT2D eigenvalue weighted by atomic mass is 16.5.